The molecule has 146 valence electrons. The van der Waals surface area contributed by atoms with Crippen LogP contribution in [-0.4, -0.2) is 10.9 Å². The first-order valence-corrected chi connectivity index (χ1v) is 9.29. The van der Waals surface area contributed by atoms with Crippen LogP contribution in [0.5, 0.6) is 11.5 Å². The molecule has 28 heavy (non-hydrogen) atoms. The number of aromatic nitrogens is 1. The molecule has 0 aliphatic carbocycles. The number of carbonyl (C=O) groups is 1. The Morgan fingerprint density at radius 3 is 2.32 bits per heavy atom. The number of amides is 1. The van der Waals surface area contributed by atoms with Crippen molar-refractivity contribution in [2.24, 2.45) is 0 Å². The molecule has 0 saturated heterocycles. The highest BCUT2D eigenvalue weighted by Gasteiger charge is 2.39. The highest BCUT2D eigenvalue weighted by molar-refractivity contribution is 7.13. The van der Waals surface area contributed by atoms with E-state index in [1.165, 1.54) is 19.1 Å². The second-order valence-electron chi connectivity index (χ2n) is 5.56. The summed E-state index contributed by atoms with van der Waals surface area (Å²) in [4.78, 5) is 15.2. The molecule has 0 unspecified atom stereocenters. The van der Waals surface area contributed by atoms with Crippen molar-refractivity contribution in [1.82, 2.24) is 4.98 Å². The van der Waals surface area contributed by atoms with Crippen molar-refractivity contribution in [3.05, 3.63) is 68.1 Å². The Kier molecular flexibility index (Phi) is 5.83. The summed E-state index contributed by atoms with van der Waals surface area (Å²) in [7, 11) is 0. The average molecular weight is 447 g/mol. The molecule has 0 fully saturated rings. The van der Waals surface area contributed by atoms with E-state index in [1.807, 2.05) is 0 Å². The molecule has 1 aromatic heterocycles. The summed E-state index contributed by atoms with van der Waals surface area (Å²) in [6, 6.07) is 10.9. The van der Waals surface area contributed by atoms with Crippen LogP contribution in [0, 0.1) is 6.92 Å². The standard InChI is InChI=1S/C18H11Cl2F3N2O2S/c1-9-24-16(18(21,22)23)15(28-9)17(26)25-10-2-4-11(5-3-10)27-12-6-7-13(19)14(20)8-12/h2-8H,1H3,(H,25,26). The van der Waals surface area contributed by atoms with E-state index in [-0.39, 0.29) is 5.01 Å². The van der Waals surface area contributed by atoms with Gasteiger partial charge in [0.1, 0.15) is 16.4 Å². The lowest BCUT2D eigenvalue weighted by Gasteiger charge is -2.09. The molecule has 4 nitrogen and oxygen atoms in total. The van der Waals surface area contributed by atoms with Crippen LogP contribution in [0.4, 0.5) is 18.9 Å². The normalized spacial score (nSPS) is 11.4. The summed E-state index contributed by atoms with van der Waals surface area (Å²) in [6.07, 6.45) is -4.70. The van der Waals surface area contributed by atoms with Gasteiger partial charge in [-0.2, -0.15) is 13.2 Å². The number of nitrogens with zero attached hydrogens (tertiary/aromatic N) is 1. The van der Waals surface area contributed by atoms with Gasteiger partial charge in [0, 0.05) is 11.8 Å². The summed E-state index contributed by atoms with van der Waals surface area (Å²) in [6.45, 7) is 1.41. The van der Waals surface area contributed by atoms with Crippen LogP contribution in [0.2, 0.25) is 10.0 Å². The summed E-state index contributed by atoms with van der Waals surface area (Å²) in [5.41, 5.74) is -0.877. The third kappa shape index (κ3) is 4.76. The molecule has 1 N–H and O–H groups in total. The van der Waals surface area contributed by atoms with Crippen molar-refractivity contribution < 1.29 is 22.7 Å². The van der Waals surface area contributed by atoms with Crippen molar-refractivity contribution in [1.29, 1.82) is 0 Å². The number of carbonyl (C=O) groups excluding carboxylic acids is 1. The van der Waals surface area contributed by atoms with Gasteiger partial charge in [-0.1, -0.05) is 23.2 Å². The van der Waals surface area contributed by atoms with E-state index in [9.17, 15) is 18.0 Å². The molecule has 3 aromatic rings. The minimum Gasteiger partial charge on any atom is -0.457 e. The van der Waals surface area contributed by atoms with Crippen LogP contribution >= 0.6 is 34.5 Å². The molecule has 0 radical (unpaired) electrons. The number of alkyl halides is 3. The van der Waals surface area contributed by atoms with Gasteiger partial charge < -0.3 is 10.1 Å². The minimum absolute atomic E-state index is 0.155. The number of nitrogens with one attached hydrogen (secondary N) is 1. The molecule has 0 spiro atoms. The molecule has 0 atom stereocenters. The lowest BCUT2D eigenvalue weighted by atomic mass is 10.2. The fourth-order valence-corrected chi connectivity index (χ4v) is 3.37. The van der Waals surface area contributed by atoms with Crippen LogP contribution in [-0.2, 0) is 6.18 Å². The van der Waals surface area contributed by atoms with Gasteiger partial charge in [0.2, 0.25) is 0 Å². The quantitative estimate of drug-likeness (QED) is 0.478. The Morgan fingerprint density at radius 2 is 1.71 bits per heavy atom. The van der Waals surface area contributed by atoms with Crippen LogP contribution in [0.15, 0.2) is 42.5 Å². The Hall–Kier alpha value is -2.29. The van der Waals surface area contributed by atoms with Gasteiger partial charge in [0.05, 0.1) is 15.1 Å². The number of ether oxygens (including phenoxy) is 1. The molecule has 0 saturated carbocycles. The van der Waals surface area contributed by atoms with E-state index in [0.717, 1.165) is 0 Å². The topological polar surface area (TPSA) is 51.2 Å². The monoisotopic (exact) mass is 446 g/mol. The number of hydrogen-bond donors (Lipinski definition) is 1. The molecule has 2 aromatic carbocycles. The molecule has 1 amide bonds. The van der Waals surface area contributed by atoms with E-state index in [0.29, 0.717) is 38.6 Å². The minimum atomic E-state index is -4.70. The smallest absolute Gasteiger partial charge is 0.435 e. The van der Waals surface area contributed by atoms with Gasteiger partial charge in [0.25, 0.3) is 5.91 Å². The lowest BCUT2D eigenvalue weighted by Crippen LogP contribution is -2.17. The number of rotatable bonds is 4. The van der Waals surface area contributed by atoms with Crippen molar-refractivity contribution in [2.75, 3.05) is 5.32 Å². The molecule has 3 rings (SSSR count). The summed E-state index contributed by atoms with van der Waals surface area (Å²) >= 11 is 12.5. The third-order valence-electron chi connectivity index (χ3n) is 3.45. The molecule has 0 aliphatic heterocycles. The molecule has 1 heterocycles. The summed E-state index contributed by atoms with van der Waals surface area (Å²) < 4.78 is 44.6. The number of anilines is 1. The van der Waals surface area contributed by atoms with Gasteiger partial charge in [-0.25, -0.2) is 4.98 Å². The Balaban J connectivity index is 1.72. The predicted octanol–water partition coefficient (Wildman–Crippen LogP) is 6.82. The average Bonchev–Trinajstić information content (AvgIpc) is 3.02. The van der Waals surface area contributed by atoms with E-state index in [4.69, 9.17) is 27.9 Å². The summed E-state index contributed by atoms with van der Waals surface area (Å²) in [5.74, 6) is 0.0261. The maximum atomic E-state index is 13.0. The van der Waals surface area contributed by atoms with Crippen molar-refractivity contribution in [3.63, 3.8) is 0 Å². The number of halogens is 5. The first-order chi connectivity index (χ1) is 13.1. The Labute approximate surface area is 171 Å². The van der Waals surface area contributed by atoms with Crippen molar-refractivity contribution >= 4 is 46.1 Å². The van der Waals surface area contributed by atoms with Crippen molar-refractivity contribution in [2.45, 2.75) is 13.1 Å². The fourth-order valence-electron chi connectivity index (χ4n) is 2.24. The van der Waals surface area contributed by atoms with Crippen LogP contribution in [0.25, 0.3) is 0 Å². The largest absolute Gasteiger partial charge is 0.457 e. The Bertz CT molecular complexity index is 1020. The number of thiazole rings is 1. The SMILES string of the molecule is Cc1nc(C(F)(F)F)c(C(=O)Nc2ccc(Oc3ccc(Cl)c(Cl)c3)cc2)s1. The van der Waals surface area contributed by atoms with Gasteiger partial charge in [-0.3, -0.25) is 4.79 Å². The first kappa shape index (κ1) is 20.4. The Morgan fingerprint density at radius 1 is 1.07 bits per heavy atom. The second-order valence-corrected chi connectivity index (χ2v) is 7.58. The third-order valence-corrected chi connectivity index (χ3v) is 5.16. The van der Waals surface area contributed by atoms with Gasteiger partial charge in [0.15, 0.2) is 5.69 Å². The highest BCUT2D eigenvalue weighted by Crippen LogP contribution is 2.35. The number of benzene rings is 2. The maximum absolute atomic E-state index is 13.0. The van der Waals surface area contributed by atoms with Crippen molar-refractivity contribution in [3.8, 4) is 11.5 Å². The first-order valence-electron chi connectivity index (χ1n) is 7.72. The lowest BCUT2D eigenvalue weighted by molar-refractivity contribution is -0.141. The molecule has 0 aliphatic rings. The van der Waals surface area contributed by atoms with Crippen LogP contribution < -0.4 is 10.1 Å². The predicted molar refractivity (Wildman–Crippen MR) is 103 cm³/mol. The fraction of sp³-hybridized carbons (Fsp3) is 0.111. The molecule has 0 bridgehead atoms. The number of aryl methyl sites for hydroxylation is 1. The van der Waals surface area contributed by atoms with Crippen LogP contribution in [0.3, 0.4) is 0 Å². The maximum Gasteiger partial charge on any atom is 0.435 e. The summed E-state index contributed by atoms with van der Waals surface area (Å²) in [5, 5.41) is 3.31. The van der Waals surface area contributed by atoms with E-state index in [2.05, 4.69) is 10.3 Å². The van der Waals surface area contributed by atoms with Gasteiger partial charge >= 0.3 is 6.18 Å². The van der Waals surface area contributed by atoms with E-state index >= 15 is 0 Å². The zero-order valence-electron chi connectivity index (χ0n) is 14.1. The molecule has 10 heteroatoms. The van der Waals surface area contributed by atoms with E-state index in [1.54, 1.807) is 30.3 Å². The van der Waals surface area contributed by atoms with E-state index < -0.39 is 22.7 Å². The van der Waals surface area contributed by atoms with Crippen LogP contribution in [0.1, 0.15) is 20.4 Å². The van der Waals surface area contributed by atoms with Gasteiger partial charge in [-0.15, -0.1) is 11.3 Å². The number of hydrogen-bond acceptors (Lipinski definition) is 4. The van der Waals surface area contributed by atoms with Gasteiger partial charge in [-0.05, 0) is 43.3 Å². The second kappa shape index (κ2) is 7.98. The molecular weight excluding hydrogens is 436 g/mol. The molecular formula is C18H11Cl2F3N2O2S. The highest BCUT2D eigenvalue weighted by atomic mass is 35.5. The zero-order chi connectivity index (χ0) is 20.5. The zero-order valence-corrected chi connectivity index (χ0v) is 16.4.